The number of halogens is 2. The fourth-order valence-electron chi connectivity index (χ4n) is 3.68. The molecule has 2 unspecified atom stereocenters. The summed E-state index contributed by atoms with van der Waals surface area (Å²) in [5.74, 6) is -1.23. The summed E-state index contributed by atoms with van der Waals surface area (Å²) in [4.78, 5) is 17.4. The number of carbonyl (C=O) groups excluding carboxylic acids is 1. The first-order valence-corrected chi connectivity index (χ1v) is 10.7. The van der Waals surface area contributed by atoms with E-state index in [-0.39, 0.29) is 23.4 Å². The Kier molecular flexibility index (Phi) is 7.86. The van der Waals surface area contributed by atoms with Crippen LogP contribution in [0.25, 0.3) is 11.0 Å². The van der Waals surface area contributed by atoms with E-state index in [1.807, 2.05) is 32.9 Å². The summed E-state index contributed by atoms with van der Waals surface area (Å²) in [6, 6.07) is 6.53. The number of ether oxygens (including phenoxy) is 3. The van der Waals surface area contributed by atoms with E-state index >= 15 is 0 Å². The van der Waals surface area contributed by atoms with Crippen LogP contribution in [0.3, 0.4) is 0 Å². The van der Waals surface area contributed by atoms with Crippen molar-refractivity contribution in [2.75, 3.05) is 27.4 Å². The molecule has 0 aliphatic heterocycles. The number of aromatic nitrogens is 2. The van der Waals surface area contributed by atoms with E-state index in [4.69, 9.17) is 14.2 Å². The quantitative estimate of drug-likeness (QED) is 0.453. The van der Waals surface area contributed by atoms with Crippen molar-refractivity contribution in [2.24, 2.45) is 5.92 Å². The second-order valence-electron chi connectivity index (χ2n) is 8.08. The average molecular weight is 462 g/mol. The maximum Gasteiger partial charge on any atom is 0.243 e. The molecule has 7 nitrogen and oxygen atoms in total. The Morgan fingerprint density at radius 1 is 1.06 bits per heavy atom. The molecule has 0 saturated carbocycles. The largest absolute Gasteiger partial charge is 0.493 e. The number of amides is 1. The molecule has 2 aromatic carbocycles. The summed E-state index contributed by atoms with van der Waals surface area (Å²) in [5, 5.41) is 3.01. The number of methoxy groups -OCH3 is 2. The number of hydrogen-bond donors (Lipinski definition) is 1. The van der Waals surface area contributed by atoms with Gasteiger partial charge >= 0.3 is 0 Å². The van der Waals surface area contributed by atoms with E-state index in [1.165, 1.54) is 6.33 Å². The smallest absolute Gasteiger partial charge is 0.243 e. The molecule has 2 atom stereocenters. The third kappa shape index (κ3) is 5.42. The van der Waals surface area contributed by atoms with E-state index in [9.17, 15) is 13.6 Å². The summed E-state index contributed by atoms with van der Waals surface area (Å²) < 4.78 is 45.1. The first kappa shape index (κ1) is 24.4. The molecular weight excluding hydrogens is 432 g/mol. The van der Waals surface area contributed by atoms with Crippen LogP contribution >= 0.6 is 0 Å². The molecule has 1 N–H and O–H groups in total. The molecule has 0 spiro atoms. The van der Waals surface area contributed by atoms with Gasteiger partial charge in [0.25, 0.3) is 0 Å². The van der Waals surface area contributed by atoms with Gasteiger partial charge in [-0.1, -0.05) is 19.9 Å². The summed E-state index contributed by atoms with van der Waals surface area (Å²) in [5.41, 5.74) is 1.47. The predicted octanol–water partition coefficient (Wildman–Crippen LogP) is 4.42. The zero-order valence-corrected chi connectivity index (χ0v) is 19.4. The van der Waals surface area contributed by atoms with Crippen molar-refractivity contribution >= 4 is 16.9 Å². The van der Waals surface area contributed by atoms with E-state index in [1.54, 1.807) is 24.9 Å². The molecule has 3 aromatic rings. The first-order chi connectivity index (χ1) is 15.8. The molecule has 0 bridgehead atoms. The van der Waals surface area contributed by atoms with Crippen molar-refractivity contribution in [2.45, 2.75) is 32.9 Å². The normalized spacial score (nSPS) is 13.2. The number of nitrogens with zero attached hydrogens (tertiary/aromatic N) is 2. The van der Waals surface area contributed by atoms with Crippen LogP contribution in [-0.2, 0) is 9.53 Å². The molecule has 0 saturated heterocycles. The second-order valence-corrected chi connectivity index (χ2v) is 8.08. The molecule has 1 aromatic heterocycles. The number of benzene rings is 2. The number of nitrogens with one attached hydrogen (secondary N) is 1. The number of rotatable bonds is 10. The van der Waals surface area contributed by atoms with Crippen molar-refractivity contribution in [1.82, 2.24) is 14.9 Å². The van der Waals surface area contributed by atoms with Crippen LogP contribution in [-0.4, -0.2) is 42.9 Å². The highest BCUT2D eigenvalue weighted by molar-refractivity contribution is 5.84. The topological polar surface area (TPSA) is 74.6 Å². The van der Waals surface area contributed by atoms with Gasteiger partial charge in [-0.2, -0.15) is 0 Å². The fourth-order valence-corrected chi connectivity index (χ4v) is 3.68. The van der Waals surface area contributed by atoms with Crippen LogP contribution in [0, 0.1) is 17.6 Å². The lowest BCUT2D eigenvalue weighted by molar-refractivity contribution is -0.126. The zero-order valence-electron chi connectivity index (χ0n) is 19.4. The Morgan fingerprint density at radius 3 is 2.45 bits per heavy atom. The Bertz CT molecular complexity index is 1120. The van der Waals surface area contributed by atoms with Crippen LogP contribution in [0.1, 0.15) is 38.4 Å². The lowest BCUT2D eigenvalue weighted by atomic mass is 10.0. The average Bonchev–Trinajstić information content (AvgIpc) is 3.16. The van der Waals surface area contributed by atoms with Crippen molar-refractivity contribution in [3.8, 4) is 11.5 Å². The molecule has 1 heterocycles. The maximum absolute atomic E-state index is 13.9. The minimum absolute atomic E-state index is 0.131. The molecule has 9 heteroatoms. The number of fused-ring (bicyclic) bond motifs is 1. The van der Waals surface area contributed by atoms with Crippen LogP contribution in [0.4, 0.5) is 8.78 Å². The Morgan fingerprint density at radius 2 is 1.79 bits per heavy atom. The third-order valence-electron chi connectivity index (χ3n) is 5.41. The standard InChI is InChI=1S/C24H29F2N3O4/c1-14(2)23(29-13-27-19-11-17(25)18(26)12-20(19)29)24(30)28-15(3)16-6-7-21(22(10-16)32-5)33-9-8-31-4/h6-7,10-15,23H,8-9H2,1-5H3,(H,28,30). The minimum atomic E-state index is -0.986. The monoisotopic (exact) mass is 461 g/mol. The van der Waals surface area contributed by atoms with Crippen molar-refractivity contribution in [3.63, 3.8) is 0 Å². The fraction of sp³-hybridized carbons (Fsp3) is 0.417. The van der Waals surface area contributed by atoms with Crippen molar-refractivity contribution in [1.29, 1.82) is 0 Å². The molecule has 3 rings (SSSR count). The molecule has 33 heavy (non-hydrogen) atoms. The van der Waals surface area contributed by atoms with Crippen LogP contribution in [0.5, 0.6) is 11.5 Å². The van der Waals surface area contributed by atoms with E-state index < -0.39 is 17.7 Å². The molecule has 178 valence electrons. The van der Waals surface area contributed by atoms with Gasteiger partial charge in [-0.25, -0.2) is 13.8 Å². The molecular formula is C24H29F2N3O4. The van der Waals surface area contributed by atoms with Crippen LogP contribution < -0.4 is 14.8 Å². The molecule has 0 aliphatic rings. The molecule has 0 radical (unpaired) electrons. The molecule has 0 fully saturated rings. The van der Waals surface area contributed by atoms with Gasteiger partial charge in [-0.05, 0) is 30.5 Å². The zero-order chi connectivity index (χ0) is 24.1. The SMILES string of the molecule is COCCOc1ccc(C(C)NC(=O)C(C(C)C)n2cnc3cc(F)c(F)cc32)cc1OC. The minimum Gasteiger partial charge on any atom is -0.493 e. The Hall–Kier alpha value is -3.20. The first-order valence-electron chi connectivity index (χ1n) is 10.7. The van der Waals surface area contributed by atoms with Crippen molar-refractivity contribution < 1.29 is 27.8 Å². The third-order valence-corrected chi connectivity index (χ3v) is 5.41. The van der Waals surface area contributed by atoms with Gasteiger partial charge in [0.15, 0.2) is 23.1 Å². The van der Waals surface area contributed by atoms with E-state index in [2.05, 4.69) is 10.3 Å². The van der Waals surface area contributed by atoms with Gasteiger partial charge in [-0.15, -0.1) is 0 Å². The summed E-state index contributed by atoms with van der Waals surface area (Å²) >= 11 is 0. The highest BCUT2D eigenvalue weighted by Crippen LogP contribution is 2.31. The van der Waals surface area contributed by atoms with Gasteiger partial charge < -0.3 is 24.1 Å². The van der Waals surface area contributed by atoms with Gasteiger partial charge in [0.1, 0.15) is 12.6 Å². The Balaban J connectivity index is 1.82. The summed E-state index contributed by atoms with van der Waals surface area (Å²) in [6.45, 7) is 6.47. The number of hydrogen-bond acceptors (Lipinski definition) is 5. The van der Waals surface area contributed by atoms with Crippen LogP contribution in [0.2, 0.25) is 0 Å². The maximum atomic E-state index is 13.9. The highest BCUT2D eigenvalue weighted by Gasteiger charge is 2.27. The molecule has 1 amide bonds. The van der Waals surface area contributed by atoms with Gasteiger partial charge in [0.05, 0.1) is 37.1 Å². The molecule has 0 aliphatic carbocycles. The van der Waals surface area contributed by atoms with Gasteiger partial charge in [-0.3, -0.25) is 4.79 Å². The van der Waals surface area contributed by atoms with Gasteiger partial charge in [0, 0.05) is 19.2 Å². The lowest BCUT2D eigenvalue weighted by Gasteiger charge is -2.25. The van der Waals surface area contributed by atoms with E-state index in [0.717, 1.165) is 17.7 Å². The van der Waals surface area contributed by atoms with E-state index in [0.29, 0.717) is 30.2 Å². The van der Waals surface area contributed by atoms with Gasteiger partial charge in [0.2, 0.25) is 5.91 Å². The summed E-state index contributed by atoms with van der Waals surface area (Å²) in [6.07, 6.45) is 1.44. The number of imidazole rings is 1. The lowest BCUT2D eigenvalue weighted by Crippen LogP contribution is -2.36. The second kappa shape index (κ2) is 10.6. The number of carbonyl (C=O) groups is 1. The van der Waals surface area contributed by atoms with Crippen molar-refractivity contribution in [3.05, 3.63) is 53.9 Å². The van der Waals surface area contributed by atoms with Crippen LogP contribution in [0.15, 0.2) is 36.7 Å². The highest BCUT2D eigenvalue weighted by atomic mass is 19.2. The summed E-state index contributed by atoms with van der Waals surface area (Å²) in [7, 11) is 3.15. The Labute approximate surface area is 191 Å². The predicted molar refractivity (Wildman–Crippen MR) is 120 cm³/mol.